The topological polar surface area (TPSA) is 12.0 Å². The highest BCUT2D eigenvalue weighted by Crippen LogP contribution is 2.18. The van der Waals surface area contributed by atoms with Gasteiger partial charge in [0.2, 0.25) is 0 Å². The van der Waals surface area contributed by atoms with Gasteiger partial charge in [-0.2, -0.15) is 0 Å². The Hall–Kier alpha value is -1.50. The average Bonchev–Trinajstić information content (AvgIpc) is 2.44. The quantitative estimate of drug-likeness (QED) is 0.603. The van der Waals surface area contributed by atoms with Crippen molar-refractivity contribution in [3.63, 3.8) is 0 Å². The lowest BCUT2D eigenvalue weighted by Crippen LogP contribution is -2.32. The van der Waals surface area contributed by atoms with Crippen LogP contribution in [0.4, 0.5) is 0 Å². The third-order valence-electron chi connectivity index (χ3n) is 3.97. The predicted octanol–water partition coefficient (Wildman–Crippen LogP) is 5.35. The lowest BCUT2D eigenvalue weighted by atomic mass is 9.95. The predicted molar refractivity (Wildman–Crippen MR) is 94.3 cm³/mol. The van der Waals surface area contributed by atoms with Crippen LogP contribution >= 0.6 is 0 Å². The van der Waals surface area contributed by atoms with Gasteiger partial charge in [0.15, 0.2) is 0 Å². The average molecular weight is 285 g/mol. The fourth-order valence-corrected chi connectivity index (χ4v) is 2.42. The van der Waals surface area contributed by atoms with E-state index in [4.69, 9.17) is 0 Å². The minimum absolute atomic E-state index is 0.344. The number of aryl methyl sites for hydroxylation is 1. The third kappa shape index (κ3) is 6.66. The summed E-state index contributed by atoms with van der Waals surface area (Å²) in [4.78, 5) is 0. The molecule has 0 bridgehead atoms. The SMILES string of the molecule is C=C(C)C(CC(C)C)NC(=C)[C@@H](C)CCc1ccccc1. The first-order valence-electron chi connectivity index (χ1n) is 8.04. The van der Waals surface area contributed by atoms with E-state index < -0.39 is 0 Å². The Bertz CT molecular complexity index is 444. The second-order valence-electron chi connectivity index (χ2n) is 6.62. The maximum Gasteiger partial charge on any atom is 0.0467 e. The van der Waals surface area contributed by atoms with Gasteiger partial charge >= 0.3 is 0 Å². The zero-order valence-electron chi connectivity index (χ0n) is 14.2. The van der Waals surface area contributed by atoms with Crippen molar-refractivity contribution < 1.29 is 0 Å². The molecule has 2 atom stereocenters. The Morgan fingerprint density at radius 3 is 2.24 bits per heavy atom. The van der Waals surface area contributed by atoms with Gasteiger partial charge in [-0.15, -0.1) is 0 Å². The lowest BCUT2D eigenvalue weighted by Gasteiger charge is -2.26. The second-order valence-corrected chi connectivity index (χ2v) is 6.62. The first-order valence-corrected chi connectivity index (χ1v) is 8.04. The zero-order valence-corrected chi connectivity index (χ0v) is 14.2. The molecule has 1 nitrogen and oxygen atoms in total. The molecule has 0 radical (unpaired) electrons. The van der Waals surface area contributed by atoms with Crippen LogP contribution in [0.5, 0.6) is 0 Å². The van der Waals surface area contributed by atoms with Gasteiger partial charge in [-0.05, 0) is 43.6 Å². The van der Waals surface area contributed by atoms with Gasteiger partial charge in [-0.1, -0.05) is 69.8 Å². The Kier molecular flexibility index (Phi) is 7.28. The molecule has 0 aromatic heterocycles. The molecule has 116 valence electrons. The number of rotatable bonds is 9. The number of benzene rings is 1. The summed E-state index contributed by atoms with van der Waals surface area (Å²) in [6, 6.07) is 11.0. The Labute approximate surface area is 131 Å². The van der Waals surface area contributed by atoms with Gasteiger partial charge < -0.3 is 5.32 Å². The molecule has 0 amide bonds. The summed E-state index contributed by atoms with van der Waals surface area (Å²) in [7, 11) is 0. The molecule has 1 unspecified atom stereocenters. The summed E-state index contributed by atoms with van der Waals surface area (Å²) in [5.74, 6) is 1.13. The monoisotopic (exact) mass is 285 g/mol. The van der Waals surface area contributed by atoms with Crippen molar-refractivity contribution in [1.29, 1.82) is 0 Å². The smallest absolute Gasteiger partial charge is 0.0467 e. The van der Waals surface area contributed by atoms with Crippen LogP contribution in [0.2, 0.25) is 0 Å². The molecule has 1 heteroatoms. The highest BCUT2D eigenvalue weighted by molar-refractivity contribution is 5.15. The van der Waals surface area contributed by atoms with Crippen molar-refractivity contribution in [2.75, 3.05) is 0 Å². The maximum atomic E-state index is 4.24. The molecular formula is C20H31N. The van der Waals surface area contributed by atoms with E-state index in [-0.39, 0.29) is 0 Å². The Balaban J connectivity index is 2.47. The molecule has 0 fully saturated rings. The van der Waals surface area contributed by atoms with E-state index in [0.29, 0.717) is 17.9 Å². The van der Waals surface area contributed by atoms with Crippen molar-refractivity contribution in [1.82, 2.24) is 5.32 Å². The van der Waals surface area contributed by atoms with Gasteiger partial charge in [0.1, 0.15) is 0 Å². The van der Waals surface area contributed by atoms with Gasteiger partial charge in [0, 0.05) is 11.7 Å². The molecule has 1 aromatic carbocycles. The maximum absolute atomic E-state index is 4.24. The van der Waals surface area contributed by atoms with Crippen LogP contribution in [-0.2, 0) is 6.42 Å². The summed E-state index contributed by atoms with van der Waals surface area (Å²) in [5.41, 5.74) is 3.73. The van der Waals surface area contributed by atoms with Crippen molar-refractivity contribution in [2.24, 2.45) is 11.8 Å². The number of allylic oxidation sites excluding steroid dienone is 1. The van der Waals surface area contributed by atoms with Crippen LogP contribution in [0.3, 0.4) is 0 Å². The first-order chi connectivity index (χ1) is 9.90. The second kappa shape index (κ2) is 8.71. The summed E-state index contributed by atoms with van der Waals surface area (Å²) in [5, 5.41) is 3.59. The highest BCUT2D eigenvalue weighted by atomic mass is 14.9. The van der Waals surface area contributed by atoms with Crippen LogP contribution in [0.1, 0.15) is 46.1 Å². The fourth-order valence-electron chi connectivity index (χ4n) is 2.42. The highest BCUT2D eigenvalue weighted by Gasteiger charge is 2.15. The lowest BCUT2D eigenvalue weighted by molar-refractivity contribution is 0.457. The molecule has 0 saturated carbocycles. The standard InChI is InChI=1S/C20H31N/c1-15(2)14-20(16(3)4)21-18(6)17(5)12-13-19-10-8-7-9-11-19/h7-11,15,17,20-21H,3,6,12-14H2,1-2,4-5H3/t17-,20?/m0/s1. The number of nitrogens with one attached hydrogen (secondary N) is 1. The van der Waals surface area contributed by atoms with Crippen LogP contribution in [0.25, 0.3) is 0 Å². The van der Waals surface area contributed by atoms with E-state index in [9.17, 15) is 0 Å². The molecule has 0 aliphatic carbocycles. The largest absolute Gasteiger partial charge is 0.382 e. The molecule has 0 aliphatic rings. The molecule has 1 N–H and O–H groups in total. The fraction of sp³-hybridized carbons (Fsp3) is 0.500. The van der Waals surface area contributed by atoms with Crippen LogP contribution < -0.4 is 5.32 Å². The van der Waals surface area contributed by atoms with Crippen LogP contribution in [0.15, 0.2) is 54.8 Å². The van der Waals surface area contributed by atoms with E-state index >= 15 is 0 Å². The number of hydrogen-bond acceptors (Lipinski definition) is 1. The molecule has 1 rings (SSSR count). The zero-order chi connectivity index (χ0) is 15.8. The first kappa shape index (κ1) is 17.6. The third-order valence-corrected chi connectivity index (χ3v) is 3.97. The molecule has 0 aliphatic heterocycles. The minimum atomic E-state index is 0.344. The van der Waals surface area contributed by atoms with Gasteiger partial charge in [-0.3, -0.25) is 0 Å². The molecule has 0 saturated heterocycles. The van der Waals surface area contributed by atoms with E-state index in [1.807, 2.05) is 0 Å². The Morgan fingerprint density at radius 1 is 1.10 bits per heavy atom. The number of hydrogen-bond donors (Lipinski definition) is 1. The van der Waals surface area contributed by atoms with Gasteiger partial charge in [0.05, 0.1) is 0 Å². The molecule has 0 heterocycles. The molecule has 1 aromatic rings. The normalized spacial score (nSPS) is 13.8. The van der Waals surface area contributed by atoms with E-state index in [0.717, 1.165) is 25.0 Å². The van der Waals surface area contributed by atoms with Gasteiger partial charge in [0.25, 0.3) is 0 Å². The van der Waals surface area contributed by atoms with Crippen molar-refractivity contribution >= 4 is 0 Å². The summed E-state index contributed by atoms with van der Waals surface area (Å²) in [6.07, 6.45) is 3.34. The summed E-state index contributed by atoms with van der Waals surface area (Å²) in [6.45, 7) is 17.2. The van der Waals surface area contributed by atoms with Crippen LogP contribution in [0, 0.1) is 11.8 Å². The van der Waals surface area contributed by atoms with Crippen LogP contribution in [-0.4, -0.2) is 6.04 Å². The molecule has 0 spiro atoms. The Morgan fingerprint density at radius 2 is 1.71 bits per heavy atom. The van der Waals surface area contributed by atoms with Crippen molar-refractivity contribution in [3.05, 3.63) is 60.3 Å². The summed E-state index contributed by atoms with van der Waals surface area (Å²) < 4.78 is 0. The van der Waals surface area contributed by atoms with E-state index in [1.54, 1.807) is 0 Å². The molecule has 21 heavy (non-hydrogen) atoms. The van der Waals surface area contributed by atoms with E-state index in [1.165, 1.54) is 11.1 Å². The molecular weight excluding hydrogens is 254 g/mol. The minimum Gasteiger partial charge on any atom is -0.382 e. The van der Waals surface area contributed by atoms with E-state index in [2.05, 4.69) is 76.5 Å². The van der Waals surface area contributed by atoms with Crippen molar-refractivity contribution in [3.8, 4) is 0 Å². The summed E-state index contributed by atoms with van der Waals surface area (Å²) >= 11 is 0. The van der Waals surface area contributed by atoms with Crippen molar-refractivity contribution in [2.45, 2.75) is 53.0 Å². The van der Waals surface area contributed by atoms with Gasteiger partial charge in [-0.25, -0.2) is 0 Å².